The predicted octanol–water partition coefficient (Wildman–Crippen LogP) is 5.32. The smallest absolute Gasteiger partial charge is 0.196 e. The molecule has 0 amide bonds. The van der Waals surface area contributed by atoms with Gasteiger partial charge in [-0.25, -0.2) is 4.98 Å². The van der Waals surface area contributed by atoms with Crippen LogP contribution in [0.4, 0.5) is 0 Å². The largest absolute Gasteiger partial charge is 0.480 e. The number of nitrogens with zero attached hydrogens (tertiary/aromatic N) is 1. The molecule has 0 saturated carbocycles. The Morgan fingerprint density at radius 3 is 2.61 bits per heavy atom. The SMILES string of the molecule is C#CCOc1ccc2c(=O)c(C)c(-c3ccccc3)oc2c1-c1nc2ccccc2[nH]1. The maximum Gasteiger partial charge on any atom is 0.196 e. The molecule has 2 heterocycles. The number of nitrogens with one attached hydrogen (secondary N) is 1. The molecule has 0 atom stereocenters. The Bertz CT molecular complexity index is 1490. The summed E-state index contributed by atoms with van der Waals surface area (Å²) < 4.78 is 12.2. The lowest BCUT2D eigenvalue weighted by molar-refractivity contribution is 0.371. The minimum absolute atomic E-state index is 0.0837. The van der Waals surface area contributed by atoms with E-state index in [0.29, 0.717) is 39.4 Å². The third-order valence-electron chi connectivity index (χ3n) is 5.22. The minimum atomic E-state index is -0.0963. The summed E-state index contributed by atoms with van der Waals surface area (Å²) in [6.07, 6.45) is 5.41. The number of aromatic nitrogens is 2. The molecule has 3 aromatic carbocycles. The molecule has 0 spiro atoms. The molecule has 31 heavy (non-hydrogen) atoms. The van der Waals surface area contributed by atoms with Crippen LogP contribution in [0.5, 0.6) is 5.75 Å². The highest BCUT2D eigenvalue weighted by Crippen LogP contribution is 2.38. The van der Waals surface area contributed by atoms with Crippen LogP contribution in [0.15, 0.2) is 75.9 Å². The van der Waals surface area contributed by atoms with E-state index in [2.05, 4.69) is 10.9 Å². The van der Waals surface area contributed by atoms with E-state index in [1.54, 1.807) is 19.1 Å². The second kappa shape index (κ2) is 7.51. The molecule has 0 saturated heterocycles. The highest BCUT2D eigenvalue weighted by Gasteiger charge is 2.21. The summed E-state index contributed by atoms with van der Waals surface area (Å²) in [6, 6.07) is 20.7. The normalized spacial score (nSPS) is 11.0. The van der Waals surface area contributed by atoms with Crippen molar-refractivity contribution in [3.63, 3.8) is 0 Å². The predicted molar refractivity (Wildman–Crippen MR) is 122 cm³/mol. The Morgan fingerprint density at radius 1 is 1.06 bits per heavy atom. The Balaban J connectivity index is 1.87. The number of rotatable bonds is 4. The molecule has 2 aromatic heterocycles. The first-order valence-corrected chi connectivity index (χ1v) is 9.84. The highest BCUT2D eigenvalue weighted by atomic mass is 16.5. The van der Waals surface area contributed by atoms with Crippen molar-refractivity contribution >= 4 is 22.0 Å². The summed E-state index contributed by atoms with van der Waals surface area (Å²) in [5.41, 5.74) is 3.92. The zero-order valence-corrected chi connectivity index (χ0v) is 16.8. The first kappa shape index (κ1) is 18.7. The summed E-state index contributed by atoms with van der Waals surface area (Å²) in [4.78, 5) is 21.3. The van der Waals surface area contributed by atoms with Crippen LogP contribution in [0.2, 0.25) is 0 Å². The zero-order valence-electron chi connectivity index (χ0n) is 16.8. The van der Waals surface area contributed by atoms with Crippen LogP contribution in [0.3, 0.4) is 0 Å². The van der Waals surface area contributed by atoms with Gasteiger partial charge in [-0.1, -0.05) is 48.4 Å². The molecular formula is C26H18N2O3. The lowest BCUT2D eigenvalue weighted by atomic mass is 10.0. The van der Waals surface area contributed by atoms with Crippen molar-refractivity contribution in [1.29, 1.82) is 0 Å². The number of ether oxygens (including phenoxy) is 1. The van der Waals surface area contributed by atoms with Crippen molar-refractivity contribution in [3.8, 4) is 40.8 Å². The van der Waals surface area contributed by atoms with Crippen molar-refractivity contribution in [3.05, 3.63) is 82.5 Å². The molecule has 1 N–H and O–H groups in total. The standard InChI is InChI=1S/C26H18N2O3/c1-3-15-30-21-14-13-18-23(29)16(2)24(17-9-5-4-6-10-17)31-25(18)22(21)26-27-19-11-7-8-12-20(19)28-26/h1,4-14H,15H2,2H3,(H,27,28). The maximum atomic E-state index is 13.2. The van der Waals surface area contributed by atoms with Crippen LogP contribution in [0, 0.1) is 19.3 Å². The number of terminal acetylenes is 1. The molecule has 150 valence electrons. The molecule has 0 fully saturated rings. The van der Waals surface area contributed by atoms with Gasteiger partial charge in [0, 0.05) is 11.1 Å². The van der Waals surface area contributed by atoms with Crippen LogP contribution in [0.25, 0.3) is 44.7 Å². The highest BCUT2D eigenvalue weighted by molar-refractivity contribution is 5.96. The molecule has 5 rings (SSSR count). The van der Waals surface area contributed by atoms with E-state index in [-0.39, 0.29) is 12.0 Å². The van der Waals surface area contributed by atoms with Gasteiger partial charge in [0.1, 0.15) is 29.5 Å². The van der Waals surface area contributed by atoms with Gasteiger partial charge in [-0.05, 0) is 31.2 Å². The Kier molecular flexibility index (Phi) is 4.53. The van der Waals surface area contributed by atoms with E-state index < -0.39 is 0 Å². The van der Waals surface area contributed by atoms with Crippen molar-refractivity contribution in [2.75, 3.05) is 6.61 Å². The topological polar surface area (TPSA) is 68.1 Å². The van der Waals surface area contributed by atoms with Gasteiger partial charge in [0.05, 0.1) is 16.4 Å². The third-order valence-corrected chi connectivity index (χ3v) is 5.22. The first-order valence-electron chi connectivity index (χ1n) is 9.84. The lowest BCUT2D eigenvalue weighted by Gasteiger charge is -2.13. The summed E-state index contributed by atoms with van der Waals surface area (Å²) in [5, 5.41) is 0.459. The van der Waals surface area contributed by atoms with Gasteiger partial charge in [-0.2, -0.15) is 0 Å². The van der Waals surface area contributed by atoms with Crippen LogP contribution in [-0.2, 0) is 0 Å². The lowest BCUT2D eigenvalue weighted by Crippen LogP contribution is -2.08. The van der Waals surface area contributed by atoms with Crippen LogP contribution in [0.1, 0.15) is 5.56 Å². The Labute approximate surface area is 178 Å². The average Bonchev–Trinajstić information content (AvgIpc) is 3.24. The van der Waals surface area contributed by atoms with E-state index in [1.165, 1.54) is 0 Å². The fourth-order valence-corrected chi connectivity index (χ4v) is 3.73. The molecule has 0 aliphatic carbocycles. The zero-order chi connectivity index (χ0) is 21.4. The van der Waals surface area contributed by atoms with Gasteiger partial charge < -0.3 is 14.1 Å². The number of para-hydroxylation sites is 2. The molecule has 5 aromatic rings. The molecule has 0 bridgehead atoms. The summed E-state index contributed by atoms with van der Waals surface area (Å²) in [6.45, 7) is 1.86. The third kappa shape index (κ3) is 3.15. The fourth-order valence-electron chi connectivity index (χ4n) is 3.73. The van der Waals surface area contributed by atoms with Gasteiger partial charge in [0.15, 0.2) is 11.0 Å². The number of H-pyrrole nitrogens is 1. The number of hydrogen-bond donors (Lipinski definition) is 1. The summed E-state index contributed by atoms with van der Waals surface area (Å²) in [5.74, 6) is 4.04. The first-order chi connectivity index (χ1) is 15.2. The summed E-state index contributed by atoms with van der Waals surface area (Å²) in [7, 11) is 0. The monoisotopic (exact) mass is 406 g/mol. The van der Waals surface area contributed by atoms with Crippen molar-refractivity contribution < 1.29 is 9.15 Å². The second-order valence-corrected chi connectivity index (χ2v) is 7.16. The molecule has 5 heteroatoms. The maximum absolute atomic E-state index is 13.2. The fraction of sp³-hybridized carbons (Fsp3) is 0.0769. The van der Waals surface area contributed by atoms with Gasteiger partial charge in [0.25, 0.3) is 0 Å². The van der Waals surface area contributed by atoms with E-state index in [1.807, 2.05) is 54.6 Å². The van der Waals surface area contributed by atoms with Crippen molar-refractivity contribution in [2.24, 2.45) is 0 Å². The summed E-state index contributed by atoms with van der Waals surface area (Å²) >= 11 is 0. The minimum Gasteiger partial charge on any atom is -0.480 e. The van der Waals surface area contributed by atoms with E-state index in [0.717, 1.165) is 16.6 Å². The number of fused-ring (bicyclic) bond motifs is 2. The number of aromatic amines is 1. The molecular weight excluding hydrogens is 388 g/mol. The molecule has 5 nitrogen and oxygen atoms in total. The molecule has 0 aliphatic rings. The molecule has 0 radical (unpaired) electrons. The van der Waals surface area contributed by atoms with Crippen LogP contribution >= 0.6 is 0 Å². The van der Waals surface area contributed by atoms with Crippen LogP contribution in [-0.4, -0.2) is 16.6 Å². The van der Waals surface area contributed by atoms with E-state index in [4.69, 9.17) is 20.6 Å². The van der Waals surface area contributed by atoms with E-state index in [9.17, 15) is 4.79 Å². The number of benzene rings is 3. The Hall–Kier alpha value is -4.30. The van der Waals surface area contributed by atoms with E-state index >= 15 is 0 Å². The average molecular weight is 406 g/mol. The quantitative estimate of drug-likeness (QED) is 0.410. The van der Waals surface area contributed by atoms with Gasteiger partial charge in [0.2, 0.25) is 0 Å². The van der Waals surface area contributed by atoms with Crippen LogP contribution < -0.4 is 10.2 Å². The van der Waals surface area contributed by atoms with Crippen molar-refractivity contribution in [2.45, 2.75) is 6.92 Å². The molecule has 0 aliphatic heterocycles. The van der Waals surface area contributed by atoms with Gasteiger partial charge in [-0.15, -0.1) is 6.42 Å². The number of imidazole rings is 1. The van der Waals surface area contributed by atoms with Gasteiger partial charge >= 0.3 is 0 Å². The molecule has 0 unspecified atom stereocenters. The van der Waals surface area contributed by atoms with Gasteiger partial charge in [-0.3, -0.25) is 4.79 Å². The number of hydrogen-bond acceptors (Lipinski definition) is 4. The Morgan fingerprint density at radius 2 is 1.84 bits per heavy atom. The second-order valence-electron chi connectivity index (χ2n) is 7.16. The van der Waals surface area contributed by atoms with Crippen molar-refractivity contribution in [1.82, 2.24) is 9.97 Å².